The molecule has 1 aromatic rings. The average Bonchev–Trinajstić information content (AvgIpc) is 2.62. The Morgan fingerprint density at radius 3 is 3.00 bits per heavy atom. The molecule has 1 atom stereocenters. The molecular formula is C12H10. The van der Waals surface area contributed by atoms with Crippen LogP contribution < -0.4 is 0 Å². The molecule has 2 aliphatic rings. The van der Waals surface area contributed by atoms with Gasteiger partial charge in [0.2, 0.25) is 0 Å². The molecule has 0 N–H and O–H groups in total. The van der Waals surface area contributed by atoms with Crippen molar-refractivity contribution in [3.05, 3.63) is 53.6 Å². The first-order valence-electron chi connectivity index (χ1n) is 4.35. The Bertz CT molecular complexity index is 396. The molecule has 0 fully saturated rings. The fourth-order valence-electron chi connectivity index (χ4n) is 2.33. The summed E-state index contributed by atoms with van der Waals surface area (Å²) in [6, 6.07) is 8.68. The monoisotopic (exact) mass is 154 g/mol. The molecule has 0 heterocycles. The lowest BCUT2D eigenvalue weighted by atomic mass is 9.93. The molecule has 2 aliphatic carbocycles. The number of benzene rings is 1. The van der Waals surface area contributed by atoms with Crippen molar-refractivity contribution < 1.29 is 0 Å². The Labute approximate surface area is 72.2 Å². The van der Waals surface area contributed by atoms with Crippen LogP contribution in [-0.2, 0) is 0 Å². The molecule has 0 saturated carbocycles. The number of fused-ring (bicyclic) bond motifs is 5. The van der Waals surface area contributed by atoms with E-state index in [2.05, 4.69) is 36.9 Å². The molecule has 0 amide bonds. The van der Waals surface area contributed by atoms with Crippen LogP contribution in [0.25, 0.3) is 5.57 Å². The predicted molar refractivity (Wildman–Crippen MR) is 50.9 cm³/mol. The molecule has 0 nitrogen and oxygen atoms in total. The van der Waals surface area contributed by atoms with Gasteiger partial charge in [0.15, 0.2) is 0 Å². The van der Waals surface area contributed by atoms with Crippen molar-refractivity contribution in [3.63, 3.8) is 0 Å². The van der Waals surface area contributed by atoms with E-state index in [4.69, 9.17) is 0 Å². The summed E-state index contributed by atoms with van der Waals surface area (Å²) < 4.78 is 0. The minimum atomic E-state index is 0.608. The Balaban J connectivity index is 2.33. The van der Waals surface area contributed by atoms with E-state index in [1.165, 1.54) is 28.7 Å². The first kappa shape index (κ1) is 6.24. The zero-order valence-corrected chi connectivity index (χ0v) is 6.88. The Morgan fingerprint density at radius 2 is 2.08 bits per heavy atom. The standard InChI is InChI=1S/C12H10/c1-8-6-9-7-12(8)11-5-3-2-4-10(9)11/h2-6,12H,1,7H2. The lowest BCUT2D eigenvalue weighted by molar-refractivity contribution is 0.911. The molecule has 0 spiro atoms. The van der Waals surface area contributed by atoms with Crippen molar-refractivity contribution in [3.8, 4) is 0 Å². The van der Waals surface area contributed by atoms with Gasteiger partial charge >= 0.3 is 0 Å². The van der Waals surface area contributed by atoms with E-state index < -0.39 is 0 Å². The van der Waals surface area contributed by atoms with Gasteiger partial charge in [0.1, 0.15) is 0 Å². The smallest absolute Gasteiger partial charge is 0.0130 e. The van der Waals surface area contributed by atoms with Crippen molar-refractivity contribution >= 4 is 5.57 Å². The van der Waals surface area contributed by atoms with Crippen LogP contribution in [0.3, 0.4) is 0 Å². The van der Waals surface area contributed by atoms with Crippen LogP contribution in [0.4, 0.5) is 0 Å². The lowest BCUT2D eigenvalue weighted by Gasteiger charge is -2.11. The van der Waals surface area contributed by atoms with Gasteiger partial charge in [-0.1, -0.05) is 36.9 Å². The third-order valence-corrected chi connectivity index (χ3v) is 2.91. The molecule has 0 aromatic heterocycles. The van der Waals surface area contributed by atoms with Crippen molar-refractivity contribution in [1.82, 2.24) is 0 Å². The van der Waals surface area contributed by atoms with Crippen molar-refractivity contribution in [2.24, 2.45) is 0 Å². The normalized spacial score (nSPS) is 24.2. The maximum atomic E-state index is 4.06. The number of hydrogen-bond acceptors (Lipinski definition) is 0. The van der Waals surface area contributed by atoms with Crippen molar-refractivity contribution in [1.29, 1.82) is 0 Å². The minimum absolute atomic E-state index is 0.608. The van der Waals surface area contributed by atoms with E-state index in [1.807, 2.05) is 0 Å². The Hall–Kier alpha value is -1.30. The summed E-state index contributed by atoms with van der Waals surface area (Å²) in [6.07, 6.45) is 3.44. The highest BCUT2D eigenvalue weighted by molar-refractivity contribution is 5.82. The zero-order valence-electron chi connectivity index (χ0n) is 6.88. The van der Waals surface area contributed by atoms with Crippen LogP contribution in [0.1, 0.15) is 23.5 Å². The quantitative estimate of drug-likeness (QED) is 0.538. The highest BCUT2D eigenvalue weighted by Gasteiger charge is 2.32. The van der Waals surface area contributed by atoms with Gasteiger partial charge in [-0.15, -0.1) is 0 Å². The van der Waals surface area contributed by atoms with E-state index >= 15 is 0 Å². The topological polar surface area (TPSA) is 0 Å². The second-order valence-electron chi connectivity index (χ2n) is 3.59. The summed E-state index contributed by atoms with van der Waals surface area (Å²) >= 11 is 0. The summed E-state index contributed by atoms with van der Waals surface area (Å²) in [4.78, 5) is 0. The largest absolute Gasteiger partial charge is 0.0952 e. The van der Waals surface area contributed by atoms with E-state index in [0.717, 1.165) is 0 Å². The van der Waals surface area contributed by atoms with Gasteiger partial charge in [-0.05, 0) is 28.7 Å². The summed E-state index contributed by atoms with van der Waals surface area (Å²) in [5.74, 6) is 0.608. The molecule has 58 valence electrons. The van der Waals surface area contributed by atoms with Gasteiger partial charge in [0, 0.05) is 5.92 Å². The van der Waals surface area contributed by atoms with E-state index in [9.17, 15) is 0 Å². The minimum Gasteiger partial charge on any atom is -0.0952 e. The van der Waals surface area contributed by atoms with Gasteiger partial charge in [-0.3, -0.25) is 0 Å². The first-order chi connectivity index (χ1) is 5.86. The van der Waals surface area contributed by atoms with Crippen LogP contribution in [0.15, 0.2) is 42.5 Å². The Kier molecular flexibility index (Phi) is 0.984. The maximum absolute atomic E-state index is 4.06. The number of allylic oxidation sites excluding steroid dienone is 3. The van der Waals surface area contributed by atoms with Crippen LogP contribution >= 0.6 is 0 Å². The van der Waals surface area contributed by atoms with Gasteiger partial charge in [-0.2, -0.15) is 0 Å². The SMILES string of the molecule is C=C1C=C2CC1c1ccccc12. The fourth-order valence-corrected chi connectivity index (χ4v) is 2.33. The van der Waals surface area contributed by atoms with E-state index in [1.54, 1.807) is 0 Å². The summed E-state index contributed by atoms with van der Waals surface area (Å²) in [6.45, 7) is 4.06. The molecule has 2 bridgehead atoms. The second kappa shape index (κ2) is 1.89. The maximum Gasteiger partial charge on any atom is 0.0130 e. The molecule has 3 rings (SSSR count). The van der Waals surface area contributed by atoms with Gasteiger partial charge in [0.25, 0.3) is 0 Å². The number of hydrogen-bond donors (Lipinski definition) is 0. The zero-order chi connectivity index (χ0) is 8.13. The molecule has 0 radical (unpaired) electrons. The van der Waals surface area contributed by atoms with Gasteiger partial charge in [-0.25, -0.2) is 0 Å². The molecule has 1 aromatic carbocycles. The molecule has 0 heteroatoms. The fraction of sp³-hybridized carbons (Fsp3) is 0.167. The molecule has 0 saturated heterocycles. The first-order valence-corrected chi connectivity index (χ1v) is 4.35. The van der Waals surface area contributed by atoms with E-state index in [-0.39, 0.29) is 0 Å². The van der Waals surface area contributed by atoms with Crippen molar-refractivity contribution in [2.75, 3.05) is 0 Å². The van der Waals surface area contributed by atoms with E-state index in [0.29, 0.717) is 5.92 Å². The van der Waals surface area contributed by atoms with Crippen LogP contribution in [0, 0.1) is 0 Å². The van der Waals surface area contributed by atoms with Gasteiger partial charge in [0.05, 0.1) is 0 Å². The number of rotatable bonds is 0. The highest BCUT2D eigenvalue weighted by Crippen LogP contribution is 2.50. The molecule has 1 unspecified atom stereocenters. The average molecular weight is 154 g/mol. The predicted octanol–water partition coefficient (Wildman–Crippen LogP) is 3.13. The third-order valence-electron chi connectivity index (χ3n) is 2.91. The molecule has 0 aliphatic heterocycles. The molecule has 12 heavy (non-hydrogen) atoms. The van der Waals surface area contributed by atoms with Gasteiger partial charge < -0.3 is 0 Å². The summed E-state index contributed by atoms with van der Waals surface area (Å²) in [7, 11) is 0. The molecular weight excluding hydrogens is 144 g/mol. The van der Waals surface area contributed by atoms with Crippen LogP contribution in [0.2, 0.25) is 0 Å². The third kappa shape index (κ3) is 0.585. The highest BCUT2D eigenvalue weighted by atomic mass is 14.4. The lowest BCUT2D eigenvalue weighted by Crippen LogP contribution is -1.93. The summed E-state index contributed by atoms with van der Waals surface area (Å²) in [5, 5.41) is 0. The van der Waals surface area contributed by atoms with Crippen molar-refractivity contribution in [2.45, 2.75) is 12.3 Å². The Morgan fingerprint density at radius 1 is 1.25 bits per heavy atom. The van der Waals surface area contributed by atoms with Crippen LogP contribution in [-0.4, -0.2) is 0 Å². The van der Waals surface area contributed by atoms with Crippen LogP contribution in [0.5, 0.6) is 0 Å². The summed E-state index contributed by atoms with van der Waals surface area (Å²) in [5.41, 5.74) is 5.72. The second-order valence-corrected chi connectivity index (χ2v) is 3.59.